The maximum atomic E-state index is 6.36. The second-order valence-electron chi connectivity index (χ2n) is 15.9. The standard InChI is InChI=1S/C54H35N3O/c1-54(2)45-21-10-8-18-39(45)40-26-24-36(31-46(40)54)53-56-51(34-16-12-15-33(29-34)32-13-4-3-5-14-32)55-52(57-53)35-23-25-38-42-27-28-48-50(43-20-9-11-22-47(43)58-48)49(42)41-19-7-6-17-37(41)44(38)30-35/h3-31H,1-2H3. The minimum absolute atomic E-state index is 0.152. The van der Waals surface area contributed by atoms with Gasteiger partial charge in [0, 0.05) is 38.3 Å². The Morgan fingerprint density at radius 2 is 0.914 bits per heavy atom. The van der Waals surface area contributed by atoms with Crippen molar-refractivity contribution in [2.24, 2.45) is 0 Å². The van der Waals surface area contributed by atoms with Crippen LogP contribution in [0.25, 0.3) is 111 Å². The number of aromatic nitrogens is 3. The molecule has 1 aliphatic rings. The monoisotopic (exact) mass is 741 g/mol. The fourth-order valence-corrected chi connectivity index (χ4v) is 9.47. The van der Waals surface area contributed by atoms with Crippen molar-refractivity contribution in [1.29, 1.82) is 0 Å². The van der Waals surface area contributed by atoms with Crippen LogP contribution in [0.4, 0.5) is 0 Å². The summed E-state index contributed by atoms with van der Waals surface area (Å²) in [7, 11) is 0. The fraction of sp³-hybridized carbons (Fsp3) is 0.0556. The Kier molecular flexibility index (Phi) is 6.94. The Hall–Kier alpha value is -7.43. The molecule has 58 heavy (non-hydrogen) atoms. The van der Waals surface area contributed by atoms with Gasteiger partial charge in [0.2, 0.25) is 0 Å². The molecule has 272 valence electrons. The van der Waals surface area contributed by atoms with Crippen LogP contribution in [0.2, 0.25) is 0 Å². The molecule has 2 aromatic heterocycles. The maximum Gasteiger partial charge on any atom is 0.164 e. The number of rotatable bonds is 4. The zero-order valence-electron chi connectivity index (χ0n) is 32.0. The molecule has 1 aliphatic carbocycles. The van der Waals surface area contributed by atoms with Gasteiger partial charge in [-0.3, -0.25) is 0 Å². The van der Waals surface area contributed by atoms with Gasteiger partial charge >= 0.3 is 0 Å². The largest absolute Gasteiger partial charge is 0.456 e. The molecule has 9 aromatic carbocycles. The lowest BCUT2D eigenvalue weighted by molar-refractivity contribution is 0.660. The first-order chi connectivity index (χ1) is 28.5. The summed E-state index contributed by atoms with van der Waals surface area (Å²) in [6.07, 6.45) is 0. The van der Waals surface area contributed by atoms with E-state index in [1.54, 1.807) is 0 Å². The van der Waals surface area contributed by atoms with Gasteiger partial charge in [0.15, 0.2) is 17.5 Å². The molecule has 0 saturated carbocycles. The summed E-state index contributed by atoms with van der Waals surface area (Å²) >= 11 is 0. The second kappa shape index (κ2) is 12.3. The van der Waals surface area contributed by atoms with Gasteiger partial charge in [-0.15, -0.1) is 0 Å². The van der Waals surface area contributed by atoms with E-state index in [-0.39, 0.29) is 5.41 Å². The van der Waals surface area contributed by atoms with E-state index in [1.807, 2.05) is 12.1 Å². The minimum Gasteiger partial charge on any atom is -0.456 e. The van der Waals surface area contributed by atoms with E-state index >= 15 is 0 Å². The van der Waals surface area contributed by atoms with E-state index in [9.17, 15) is 0 Å². The van der Waals surface area contributed by atoms with Gasteiger partial charge in [0.1, 0.15) is 11.2 Å². The molecule has 0 aliphatic heterocycles. The predicted octanol–water partition coefficient (Wildman–Crippen LogP) is 14.2. The molecule has 2 heterocycles. The van der Waals surface area contributed by atoms with Crippen LogP contribution in [-0.4, -0.2) is 15.0 Å². The first-order valence-electron chi connectivity index (χ1n) is 19.9. The van der Waals surface area contributed by atoms with Gasteiger partial charge < -0.3 is 4.42 Å². The molecular formula is C54H35N3O. The van der Waals surface area contributed by atoms with Gasteiger partial charge in [-0.1, -0.05) is 153 Å². The topological polar surface area (TPSA) is 51.8 Å². The summed E-state index contributed by atoms with van der Waals surface area (Å²) in [5.41, 5.74) is 11.9. The average Bonchev–Trinajstić information content (AvgIpc) is 3.78. The molecule has 0 N–H and O–H groups in total. The Balaban J connectivity index is 1.08. The van der Waals surface area contributed by atoms with Crippen LogP contribution in [0.5, 0.6) is 0 Å². The van der Waals surface area contributed by atoms with Gasteiger partial charge in [-0.2, -0.15) is 0 Å². The number of fused-ring (bicyclic) bond motifs is 13. The number of para-hydroxylation sites is 1. The third-order valence-corrected chi connectivity index (χ3v) is 12.3. The third kappa shape index (κ3) is 4.85. The minimum atomic E-state index is -0.152. The second-order valence-corrected chi connectivity index (χ2v) is 15.9. The molecule has 0 unspecified atom stereocenters. The van der Waals surface area contributed by atoms with Crippen molar-refractivity contribution in [3.05, 3.63) is 187 Å². The Labute approximate surface area is 335 Å². The van der Waals surface area contributed by atoms with Crippen molar-refractivity contribution >= 4 is 54.3 Å². The molecule has 0 spiro atoms. The van der Waals surface area contributed by atoms with Crippen molar-refractivity contribution in [2.45, 2.75) is 19.3 Å². The number of hydrogen-bond acceptors (Lipinski definition) is 4. The van der Waals surface area contributed by atoms with Gasteiger partial charge in [-0.25, -0.2) is 15.0 Å². The molecule has 0 saturated heterocycles. The average molecular weight is 742 g/mol. The molecular weight excluding hydrogens is 707 g/mol. The lowest BCUT2D eigenvalue weighted by Crippen LogP contribution is -2.15. The predicted molar refractivity (Wildman–Crippen MR) is 239 cm³/mol. The SMILES string of the molecule is CC1(C)c2ccccc2-c2ccc(-c3nc(-c4cccc(-c5ccccc5)c4)nc(-c4ccc5c(c4)c4ccccc4c4c5ccc5oc6ccccc6c54)n3)cc21. The van der Waals surface area contributed by atoms with Crippen molar-refractivity contribution < 1.29 is 4.42 Å². The van der Waals surface area contributed by atoms with Crippen LogP contribution in [-0.2, 0) is 5.41 Å². The van der Waals surface area contributed by atoms with E-state index < -0.39 is 0 Å². The lowest BCUT2D eigenvalue weighted by atomic mass is 9.82. The van der Waals surface area contributed by atoms with Crippen LogP contribution in [0.15, 0.2) is 180 Å². The zero-order valence-corrected chi connectivity index (χ0v) is 32.0. The Bertz CT molecular complexity index is 3470. The summed E-state index contributed by atoms with van der Waals surface area (Å²) in [4.78, 5) is 15.8. The highest BCUT2D eigenvalue weighted by molar-refractivity contribution is 6.34. The molecule has 0 radical (unpaired) electrons. The van der Waals surface area contributed by atoms with E-state index in [4.69, 9.17) is 19.4 Å². The quantitative estimate of drug-likeness (QED) is 0.169. The fourth-order valence-electron chi connectivity index (χ4n) is 9.47. The highest BCUT2D eigenvalue weighted by Gasteiger charge is 2.35. The van der Waals surface area contributed by atoms with Crippen LogP contribution < -0.4 is 0 Å². The zero-order chi connectivity index (χ0) is 38.5. The molecule has 11 aromatic rings. The maximum absolute atomic E-state index is 6.36. The summed E-state index contributed by atoms with van der Waals surface area (Å²) in [5.74, 6) is 1.92. The molecule has 0 bridgehead atoms. The van der Waals surface area contributed by atoms with Crippen LogP contribution in [0.3, 0.4) is 0 Å². The molecule has 0 fully saturated rings. The van der Waals surface area contributed by atoms with Crippen LogP contribution in [0, 0.1) is 0 Å². The van der Waals surface area contributed by atoms with Gasteiger partial charge in [-0.05, 0) is 96.7 Å². The van der Waals surface area contributed by atoms with Crippen molar-refractivity contribution in [1.82, 2.24) is 15.0 Å². The lowest BCUT2D eigenvalue weighted by Gasteiger charge is -2.21. The smallest absolute Gasteiger partial charge is 0.164 e. The van der Waals surface area contributed by atoms with E-state index in [0.717, 1.165) is 55.1 Å². The van der Waals surface area contributed by atoms with Crippen molar-refractivity contribution in [3.63, 3.8) is 0 Å². The summed E-state index contributed by atoms with van der Waals surface area (Å²) in [6, 6.07) is 62.4. The number of nitrogens with zero attached hydrogens (tertiary/aromatic N) is 3. The van der Waals surface area contributed by atoms with Crippen molar-refractivity contribution in [2.75, 3.05) is 0 Å². The Morgan fingerprint density at radius 1 is 0.345 bits per heavy atom. The molecule has 4 nitrogen and oxygen atoms in total. The number of hydrogen-bond donors (Lipinski definition) is 0. The van der Waals surface area contributed by atoms with Crippen LogP contribution in [0.1, 0.15) is 25.0 Å². The third-order valence-electron chi connectivity index (χ3n) is 12.3. The highest BCUT2D eigenvalue weighted by Crippen LogP contribution is 2.49. The molecule has 0 atom stereocenters. The number of furan rings is 1. The first-order valence-corrected chi connectivity index (χ1v) is 19.9. The van der Waals surface area contributed by atoms with Gasteiger partial charge in [0.05, 0.1) is 0 Å². The van der Waals surface area contributed by atoms with E-state index in [0.29, 0.717) is 17.5 Å². The first kappa shape index (κ1) is 32.8. The molecule has 12 rings (SSSR count). The molecule has 0 amide bonds. The summed E-state index contributed by atoms with van der Waals surface area (Å²) in [5, 5.41) is 9.38. The molecule has 4 heteroatoms. The van der Waals surface area contributed by atoms with E-state index in [1.165, 1.54) is 49.2 Å². The number of benzene rings is 9. The van der Waals surface area contributed by atoms with Crippen LogP contribution >= 0.6 is 0 Å². The highest BCUT2D eigenvalue weighted by atomic mass is 16.3. The Morgan fingerprint density at radius 3 is 1.74 bits per heavy atom. The van der Waals surface area contributed by atoms with Crippen molar-refractivity contribution in [3.8, 4) is 56.4 Å². The summed E-state index contributed by atoms with van der Waals surface area (Å²) < 4.78 is 6.36. The van der Waals surface area contributed by atoms with Gasteiger partial charge in [0.25, 0.3) is 0 Å². The summed E-state index contributed by atoms with van der Waals surface area (Å²) in [6.45, 7) is 4.62. The van der Waals surface area contributed by atoms with E-state index in [2.05, 4.69) is 178 Å². The normalized spacial score (nSPS) is 13.1.